The van der Waals surface area contributed by atoms with Crippen molar-refractivity contribution >= 4 is 11.7 Å². The van der Waals surface area contributed by atoms with Crippen molar-refractivity contribution in [3.05, 3.63) is 18.1 Å². The number of likely N-dealkylation sites (N-methyl/N-ethyl adjacent to an activating group) is 1. The van der Waals surface area contributed by atoms with Crippen LogP contribution in [0.2, 0.25) is 0 Å². The summed E-state index contributed by atoms with van der Waals surface area (Å²) in [6.45, 7) is 4.42. The minimum atomic E-state index is -0.0778. The summed E-state index contributed by atoms with van der Waals surface area (Å²) in [4.78, 5) is 24.3. The Balaban J connectivity index is 2.06. The smallest absolute Gasteiger partial charge is 0.274 e. The van der Waals surface area contributed by atoms with Gasteiger partial charge in [0.25, 0.3) is 5.91 Å². The fourth-order valence-corrected chi connectivity index (χ4v) is 1.91. The van der Waals surface area contributed by atoms with E-state index in [0.717, 1.165) is 13.1 Å². The van der Waals surface area contributed by atoms with Crippen molar-refractivity contribution in [3.8, 4) is 0 Å². The summed E-state index contributed by atoms with van der Waals surface area (Å²) in [5.41, 5.74) is 2.73. The highest BCUT2D eigenvalue weighted by Crippen LogP contribution is 2.10. The molecule has 1 fully saturated rings. The van der Waals surface area contributed by atoms with Crippen LogP contribution in [-0.4, -0.2) is 58.4 Å². The van der Waals surface area contributed by atoms with E-state index in [2.05, 4.69) is 34.3 Å². The number of carbonyl (C=O) groups is 1. The van der Waals surface area contributed by atoms with Gasteiger partial charge in [-0.1, -0.05) is 0 Å². The molecule has 1 aliphatic rings. The first-order valence-electron chi connectivity index (χ1n) is 5.90. The summed E-state index contributed by atoms with van der Waals surface area (Å²) >= 11 is 0. The third-order valence-electron chi connectivity index (χ3n) is 3.27. The molecule has 1 unspecified atom stereocenters. The van der Waals surface area contributed by atoms with Crippen LogP contribution in [0, 0.1) is 0 Å². The van der Waals surface area contributed by atoms with E-state index in [4.69, 9.17) is 5.84 Å². The molecule has 0 radical (unpaired) electrons. The lowest BCUT2D eigenvalue weighted by atomic mass is 10.2. The summed E-state index contributed by atoms with van der Waals surface area (Å²) in [5, 5.41) is 0. The van der Waals surface area contributed by atoms with E-state index in [-0.39, 0.29) is 5.91 Å². The van der Waals surface area contributed by atoms with Gasteiger partial charge in [0.05, 0.1) is 12.4 Å². The summed E-state index contributed by atoms with van der Waals surface area (Å²) in [6, 6.07) is 0.362. The molecule has 1 saturated heterocycles. The number of hydrogen-bond acceptors (Lipinski definition) is 6. The molecule has 1 amide bonds. The standard InChI is InChI=1S/C11H18N6O/c1-8-7-17(4-3-16(8)2)11(18)9-5-14-10(15-12)6-13-9/h5-6,8H,3-4,7,12H2,1-2H3,(H,14,15). The average Bonchev–Trinajstić information content (AvgIpc) is 2.41. The zero-order chi connectivity index (χ0) is 13.1. The Hall–Kier alpha value is -1.73. The molecule has 7 heteroatoms. The van der Waals surface area contributed by atoms with Gasteiger partial charge >= 0.3 is 0 Å². The van der Waals surface area contributed by atoms with Crippen molar-refractivity contribution in [1.82, 2.24) is 19.8 Å². The van der Waals surface area contributed by atoms with Crippen LogP contribution in [-0.2, 0) is 0 Å². The summed E-state index contributed by atoms with van der Waals surface area (Å²) in [7, 11) is 2.06. The van der Waals surface area contributed by atoms with E-state index in [9.17, 15) is 4.79 Å². The number of aromatic nitrogens is 2. The molecule has 1 aromatic rings. The number of anilines is 1. The van der Waals surface area contributed by atoms with Crippen molar-refractivity contribution in [1.29, 1.82) is 0 Å². The quantitative estimate of drug-likeness (QED) is 0.545. The molecule has 98 valence electrons. The molecule has 0 bridgehead atoms. The van der Waals surface area contributed by atoms with Gasteiger partial charge in [0.2, 0.25) is 0 Å². The number of nitrogen functional groups attached to an aromatic ring is 1. The lowest BCUT2D eigenvalue weighted by Gasteiger charge is -2.37. The summed E-state index contributed by atoms with van der Waals surface area (Å²) in [5.74, 6) is 5.56. The number of rotatable bonds is 2. The lowest BCUT2D eigenvalue weighted by molar-refractivity contribution is 0.0566. The van der Waals surface area contributed by atoms with E-state index < -0.39 is 0 Å². The number of nitrogens with two attached hydrogens (primary N) is 1. The molecule has 1 aromatic heterocycles. The topological polar surface area (TPSA) is 87.4 Å². The highest BCUT2D eigenvalue weighted by molar-refractivity contribution is 5.92. The van der Waals surface area contributed by atoms with Gasteiger partial charge in [-0.15, -0.1) is 0 Å². The van der Waals surface area contributed by atoms with Gasteiger partial charge < -0.3 is 15.2 Å². The summed E-state index contributed by atoms with van der Waals surface area (Å²) in [6.07, 6.45) is 2.90. The van der Waals surface area contributed by atoms with E-state index in [1.165, 1.54) is 12.4 Å². The fourth-order valence-electron chi connectivity index (χ4n) is 1.91. The van der Waals surface area contributed by atoms with Gasteiger partial charge in [0.1, 0.15) is 5.69 Å². The normalized spacial score (nSPS) is 20.8. The molecule has 3 N–H and O–H groups in total. The second-order valence-electron chi connectivity index (χ2n) is 4.51. The van der Waals surface area contributed by atoms with Gasteiger partial charge in [0.15, 0.2) is 5.82 Å². The first kappa shape index (κ1) is 12.7. The number of amides is 1. The molecular formula is C11H18N6O. The first-order valence-corrected chi connectivity index (χ1v) is 5.90. The zero-order valence-corrected chi connectivity index (χ0v) is 10.6. The third-order valence-corrected chi connectivity index (χ3v) is 3.27. The Bertz CT molecular complexity index is 420. The molecule has 0 aliphatic carbocycles. The van der Waals surface area contributed by atoms with Gasteiger partial charge in [-0.2, -0.15) is 0 Å². The first-order chi connectivity index (χ1) is 8.61. The van der Waals surface area contributed by atoms with Gasteiger partial charge in [-0.25, -0.2) is 15.8 Å². The van der Waals surface area contributed by atoms with Gasteiger partial charge in [-0.3, -0.25) is 4.79 Å². The van der Waals surface area contributed by atoms with Crippen LogP contribution in [0.5, 0.6) is 0 Å². The summed E-state index contributed by atoms with van der Waals surface area (Å²) < 4.78 is 0. The zero-order valence-electron chi connectivity index (χ0n) is 10.6. The van der Waals surface area contributed by atoms with E-state index in [1.54, 1.807) is 0 Å². The minimum absolute atomic E-state index is 0.0778. The molecular weight excluding hydrogens is 232 g/mol. The third kappa shape index (κ3) is 2.57. The Morgan fingerprint density at radius 3 is 2.78 bits per heavy atom. The maximum absolute atomic E-state index is 12.2. The predicted molar refractivity (Wildman–Crippen MR) is 67.8 cm³/mol. The number of nitrogens with one attached hydrogen (secondary N) is 1. The maximum atomic E-state index is 12.2. The number of hydrogen-bond donors (Lipinski definition) is 2. The predicted octanol–water partition coefficient (Wildman–Crippen LogP) is -0.462. The van der Waals surface area contributed by atoms with Gasteiger partial charge in [-0.05, 0) is 14.0 Å². The number of piperazine rings is 1. The molecule has 18 heavy (non-hydrogen) atoms. The molecule has 0 saturated carbocycles. The van der Waals surface area contributed by atoms with Crippen molar-refractivity contribution in [3.63, 3.8) is 0 Å². The minimum Gasteiger partial charge on any atom is -0.334 e. The monoisotopic (exact) mass is 250 g/mol. The molecule has 7 nitrogen and oxygen atoms in total. The van der Waals surface area contributed by atoms with Crippen LogP contribution >= 0.6 is 0 Å². The molecule has 1 atom stereocenters. The van der Waals surface area contributed by atoms with E-state index >= 15 is 0 Å². The van der Waals surface area contributed by atoms with Crippen molar-refractivity contribution < 1.29 is 4.79 Å². The second kappa shape index (κ2) is 5.28. The SMILES string of the molecule is CC1CN(C(=O)c2cnc(NN)cn2)CCN1C. The van der Waals surface area contributed by atoms with Crippen molar-refractivity contribution in [2.45, 2.75) is 13.0 Å². The maximum Gasteiger partial charge on any atom is 0.274 e. The van der Waals surface area contributed by atoms with Crippen molar-refractivity contribution in [2.75, 3.05) is 32.1 Å². The van der Waals surface area contributed by atoms with E-state index in [0.29, 0.717) is 24.1 Å². The second-order valence-corrected chi connectivity index (χ2v) is 4.51. The molecule has 2 heterocycles. The van der Waals surface area contributed by atoms with E-state index in [1.807, 2.05) is 4.90 Å². The number of nitrogens with zero attached hydrogens (tertiary/aromatic N) is 4. The largest absolute Gasteiger partial charge is 0.334 e. The number of carbonyl (C=O) groups excluding carboxylic acids is 1. The Morgan fingerprint density at radius 2 is 2.22 bits per heavy atom. The average molecular weight is 250 g/mol. The molecule has 2 rings (SSSR count). The molecule has 0 spiro atoms. The molecule has 1 aliphatic heterocycles. The van der Waals surface area contributed by atoms with Gasteiger partial charge in [0, 0.05) is 25.7 Å². The van der Waals surface area contributed by atoms with Crippen LogP contribution in [0.1, 0.15) is 17.4 Å². The van der Waals surface area contributed by atoms with Crippen LogP contribution in [0.4, 0.5) is 5.82 Å². The Morgan fingerprint density at radius 1 is 1.44 bits per heavy atom. The lowest BCUT2D eigenvalue weighted by Crippen LogP contribution is -2.52. The Labute approximate surface area is 106 Å². The van der Waals surface area contributed by atoms with Crippen LogP contribution in [0.15, 0.2) is 12.4 Å². The highest BCUT2D eigenvalue weighted by atomic mass is 16.2. The highest BCUT2D eigenvalue weighted by Gasteiger charge is 2.25. The van der Waals surface area contributed by atoms with Crippen molar-refractivity contribution in [2.24, 2.45) is 5.84 Å². The fraction of sp³-hybridized carbons (Fsp3) is 0.545. The van der Waals surface area contributed by atoms with Crippen LogP contribution in [0.3, 0.4) is 0 Å². The molecule has 0 aromatic carbocycles. The van der Waals surface area contributed by atoms with Crippen LogP contribution < -0.4 is 11.3 Å². The van der Waals surface area contributed by atoms with Crippen LogP contribution in [0.25, 0.3) is 0 Å². The Kier molecular flexibility index (Phi) is 3.73. The number of hydrazine groups is 1.